The largest absolute Gasteiger partial charge is 0.369 e. The summed E-state index contributed by atoms with van der Waals surface area (Å²) in [5.74, 6) is -0.462. The van der Waals surface area contributed by atoms with Crippen molar-refractivity contribution in [2.24, 2.45) is 16.6 Å². The SMILES string of the molecule is NC(=O)C1(C(=O)N2CCC[C@]3(CCC(=O)N(Cc4ccccn4)C3)C2)CC1. The van der Waals surface area contributed by atoms with Gasteiger partial charge in [-0.1, -0.05) is 6.07 Å². The van der Waals surface area contributed by atoms with Crippen molar-refractivity contribution in [2.75, 3.05) is 19.6 Å². The normalized spacial score (nSPS) is 26.9. The van der Waals surface area contributed by atoms with Crippen molar-refractivity contribution in [3.63, 3.8) is 0 Å². The molecule has 7 nitrogen and oxygen atoms in total. The van der Waals surface area contributed by atoms with Crippen molar-refractivity contribution in [1.82, 2.24) is 14.8 Å². The number of carbonyl (C=O) groups is 3. The fourth-order valence-electron chi connectivity index (χ4n) is 4.64. The molecule has 3 heterocycles. The van der Waals surface area contributed by atoms with Crippen LogP contribution in [0.25, 0.3) is 0 Å². The van der Waals surface area contributed by atoms with Crippen molar-refractivity contribution in [1.29, 1.82) is 0 Å². The fraction of sp³-hybridized carbons (Fsp3) is 0.600. The molecule has 0 aromatic carbocycles. The zero-order chi connectivity index (χ0) is 19.1. The highest BCUT2D eigenvalue weighted by Crippen LogP contribution is 2.48. The van der Waals surface area contributed by atoms with Crippen LogP contribution < -0.4 is 5.73 Å². The zero-order valence-corrected chi connectivity index (χ0v) is 15.5. The minimum absolute atomic E-state index is 0.0929. The first kappa shape index (κ1) is 17.9. The van der Waals surface area contributed by atoms with E-state index in [0.29, 0.717) is 45.4 Å². The van der Waals surface area contributed by atoms with Gasteiger partial charge in [0.05, 0.1) is 12.2 Å². The Bertz CT molecular complexity index is 762. The van der Waals surface area contributed by atoms with Crippen LogP contribution in [0.2, 0.25) is 0 Å². The third-order valence-corrected chi connectivity index (χ3v) is 6.41. The molecule has 7 heteroatoms. The van der Waals surface area contributed by atoms with Crippen molar-refractivity contribution in [3.8, 4) is 0 Å². The number of pyridine rings is 1. The molecule has 0 radical (unpaired) electrons. The fourth-order valence-corrected chi connectivity index (χ4v) is 4.64. The quantitative estimate of drug-likeness (QED) is 0.802. The van der Waals surface area contributed by atoms with Crippen LogP contribution in [0.1, 0.15) is 44.2 Å². The van der Waals surface area contributed by atoms with Crippen molar-refractivity contribution < 1.29 is 14.4 Å². The average molecular weight is 370 g/mol. The Morgan fingerprint density at radius 2 is 1.96 bits per heavy atom. The lowest BCUT2D eigenvalue weighted by molar-refractivity contribution is -0.149. The van der Waals surface area contributed by atoms with Gasteiger partial charge in [0.2, 0.25) is 17.7 Å². The molecule has 27 heavy (non-hydrogen) atoms. The molecule has 0 bridgehead atoms. The number of nitrogens with zero attached hydrogens (tertiary/aromatic N) is 3. The number of rotatable bonds is 4. The highest BCUT2D eigenvalue weighted by atomic mass is 16.2. The summed E-state index contributed by atoms with van der Waals surface area (Å²) in [6.45, 7) is 2.41. The molecule has 1 atom stereocenters. The predicted octanol–water partition coefficient (Wildman–Crippen LogP) is 1.08. The maximum absolute atomic E-state index is 12.9. The Hall–Kier alpha value is -2.44. The summed E-state index contributed by atoms with van der Waals surface area (Å²) < 4.78 is 0. The molecule has 2 N–H and O–H groups in total. The predicted molar refractivity (Wildman–Crippen MR) is 98.0 cm³/mol. The first-order valence-corrected chi connectivity index (χ1v) is 9.71. The van der Waals surface area contributed by atoms with Gasteiger partial charge in [-0.15, -0.1) is 0 Å². The summed E-state index contributed by atoms with van der Waals surface area (Å²) in [5, 5.41) is 0. The Morgan fingerprint density at radius 1 is 1.15 bits per heavy atom. The Kier molecular flexibility index (Phi) is 4.40. The number of hydrogen-bond donors (Lipinski definition) is 1. The topological polar surface area (TPSA) is 96.6 Å². The van der Waals surface area contributed by atoms with E-state index in [2.05, 4.69) is 4.98 Å². The monoisotopic (exact) mass is 370 g/mol. The molecule has 0 unspecified atom stereocenters. The van der Waals surface area contributed by atoms with Crippen LogP contribution in [-0.4, -0.2) is 52.1 Å². The van der Waals surface area contributed by atoms with Crippen LogP contribution in [0.3, 0.4) is 0 Å². The van der Waals surface area contributed by atoms with E-state index in [0.717, 1.165) is 25.0 Å². The summed E-state index contributed by atoms with van der Waals surface area (Å²) in [7, 11) is 0. The molecule has 1 aromatic rings. The highest BCUT2D eigenvalue weighted by molar-refractivity contribution is 6.07. The number of primary amides is 1. The van der Waals surface area contributed by atoms with E-state index in [9.17, 15) is 14.4 Å². The van der Waals surface area contributed by atoms with Crippen LogP contribution in [0, 0.1) is 10.8 Å². The van der Waals surface area contributed by atoms with Gasteiger partial charge in [-0.3, -0.25) is 19.4 Å². The van der Waals surface area contributed by atoms with Crippen molar-refractivity contribution >= 4 is 17.7 Å². The lowest BCUT2D eigenvalue weighted by Gasteiger charge is -2.48. The molecule has 2 aliphatic heterocycles. The van der Waals surface area contributed by atoms with E-state index < -0.39 is 11.3 Å². The first-order valence-electron chi connectivity index (χ1n) is 9.71. The molecule has 1 spiro atoms. The Morgan fingerprint density at radius 3 is 2.63 bits per heavy atom. The molecule has 3 aliphatic rings. The summed E-state index contributed by atoms with van der Waals surface area (Å²) in [4.78, 5) is 45.2. The minimum atomic E-state index is -0.962. The Balaban J connectivity index is 1.48. The summed E-state index contributed by atoms with van der Waals surface area (Å²) in [6, 6.07) is 5.71. The molecule has 3 fully saturated rings. The minimum Gasteiger partial charge on any atom is -0.369 e. The van der Waals surface area contributed by atoms with E-state index in [4.69, 9.17) is 5.73 Å². The third kappa shape index (κ3) is 3.31. The van der Waals surface area contributed by atoms with Crippen molar-refractivity contribution in [3.05, 3.63) is 30.1 Å². The molecule has 4 rings (SSSR count). The van der Waals surface area contributed by atoms with Crippen LogP contribution in [0.15, 0.2) is 24.4 Å². The van der Waals surface area contributed by atoms with E-state index >= 15 is 0 Å². The van der Waals surface area contributed by atoms with Gasteiger partial charge in [-0.05, 0) is 44.2 Å². The van der Waals surface area contributed by atoms with E-state index in [-0.39, 0.29) is 17.2 Å². The van der Waals surface area contributed by atoms with E-state index in [1.54, 1.807) is 6.20 Å². The lowest BCUT2D eigenvalue weighted by Crippen LogP contribution is -2.56. The van der Waals surface area contributed by atoms with Crippen LogP contribution in [0.4, 0.5) is 0 Å². The third-order valence-electron chi connectivity index (χ3n) is 6.41. The van der Waals surface area contributed by atoms with Gasteiger partial charge in [-0.2, -0.15) is 0 Å². The lowest BCUT2D eigenvalue weighted by atomic mass is 9.73. The van der Waals surface area contributed by atoms with Crippen LogP contribution >= 0.6 is 0 Å². The molecule has 1 aliphatic carbocycles. The van der Waals surface area contributed by atoms with Gasteiger partial charge in [0.25, 0.3) is 0 Å². The number of amides is 3. The summed E-state index contributed by atoms with van der Waals surface area (Å²) in [5.41, 5.74) is 5.31. The molecular formula is C20H26N4O3. The molecule has 3 amide bonds. The van der Waals surface area contributed by atoms with Gasteiger partial charge in [-0.25, -0.2) is 0 Å². The average Bonchev–Trinajstić information content (AvgIpc) is 3.47. The first-order chi connectivity index (χ1) is 12.9. The maximum Gasteiger partial charge on any atom is 0.238 e. The number of hydrogen-bond acceptors (Lipinski definition) is 4. The van der Waals surface area contributed by atoms with E-state index in [1.165, 1.54) is 0 Å². The highest BCUT2D eigenvalue weighted by Gasteiger charge is 2.58. The number of likely N-dealkylation sites (tertiary alicyclic amines) is 2. The van der Waals surface area contributed by atoms with E-state index in [1.807, 2.05) is 28.0 Å². The van der Waals surface area contributed by atoms with Gasteiger partial charge >= 0.3 is 0 Å². The summed E-state index contributed by atoms with van der Waals surface area (Å²) >= 11 is 0. The second-order valence-corrected chi connectivity index (χ2v) is 8.35. The molecule has 2 saturated heterocycles. The standard InChI is InChI=1S/C20H26N4O3/c21-17(26)20(8-9-20)18(27)23-11-3-6-19(13-23)7-5-16(25)24(14-19)12-15-4-1-2-10-22-15/h1-2,4,10H,3,5-9,11-14H2,(H2,21,26)/t19-/m0/s1. The number of aromatic nitrogens is 1. The second-order valence-electron chi connectivity index (χ2n) is 8.35. The molecule has 1 saturated carbocycles. The second kappa shape index (κ2) is 6.62. The van der Waals surface area contributed by atoms with Crippen molar-refractivity contribution in [2.45, 2.75) is 45.1 Å². The molecule has 1 aromatic heterocycles. The van der Waals surface area contributed by atoms with Gasteiger partial charge in [0, 0.05) is 37.7 Å². The molecular weight excluding hydrogens is 344 g/mol. The van der Waals surface area contributed by atoms with Crippen LogP contribution in [-0.2, 0) is 20.9 Å². The molecule has 144 valence electrons. The Labute approximate surface area is 158 Å². The number of piperidine rings is 2. The maximum atomic E-state index is 12.9. The zero-order valence-electron chi connectivity index (χ0n) is 15.5. The van der Waals surface area contributed by atoms with Gasteiger partial charge < -0.3 is 15.5 Å². The van der Waals surface area contributed by atoms with Gasteiger partial charge in [0.1, 0.15) is 5.41 Å². The smallest absolute Gasteiger partial charge is 0.238 e. The van der Waals surface area contributed by atoms with Crippen LogP contribution in [0.5, 0.6) is 0 Å². The number of nitrogens with two attached hydrogens (primary N) is 1. The van der Waals surface area contributed by atoms with Gasteiger partial charge in [0.15, 0.2) is 0 Å². The number of carbonyl (C=O) groups excluding carboxylic acids is 3. The summed E-state index contributed by atoms with van der Waals surface area (Å²) in [6.07, 6.45) is 6.04.